The van der Waals surface area contributed by atoms with Gasteiger partial charge in [0.25, 0.3) is 5.91 Å². The Labute approximate surface area is 152 Å². The number of nitrogens with zero attached hydrogens (tertiary/aromatic N) is 2. The van der Waals surface area contributed by atoms with Crippen LogP contribution in [0.25, 0.3) is 0 Å². The number of aryl methyl sites for hydroxylation is 1. The van der Waals surface area contributed by atoms with E-state index >= 15 is 0 Å². The molecule has 3 aromatic rings. The van der Waals surface area contributed by atoms with Crippen LogP contribution in [-0.4, -0.2) is 22.5 Å². The molecule has 2 heterocycles. The number of hydrogen-bond acceptors (Lipinski definition) is 5. The number of nitrogens with one attached hydrogen (secondary N) is 2. The molecule has 2 aromatic heterocycles. The first-order valence-electron chi connectivity index (χ1n) is 8.34. The third kappa shape index (κ3) is 4.36. The molecule has 0 unspecified atom stereocenters. The molecule has 6 nitrogen and oxygen atoms in total. The van der Waals surface area contributed by atoms with Crippen molar-refractivity contribution in [2.75, 3.05) is 17.2 Å². The van der Waals surface area contributed by atoms with Gasteiger partial charge in [-0.05, 0) is 62.4 Å². The summed E-state index contributed by atoms with van der Waals surface area (Å²) in [6.45, 7) is 4.43. The summed E-state index contributed by atoms with van der Waals surface area (Å²) in [6, 6.07) is 14.5. The summed E-state index contributed by atoms with van der Waals surface area (Å²) in [4.78, 5) is 21.1. The molecular weight excluding hydrogens is 328 g/mol. The first-order valence-corrected chi connectivity index (χ1v) is 8.34. The van der Waals surface area contributed by atoms with Gasteiger partial charge in [-0.1, -0.05) is 0 Å². The summed E-state index contributed by atoms with van der Waals surface area (Å²) in [5, 5.41) is 6.05. The zero-order chi connectivity index (χ0) is 18.4. The van der Waals surface area contributed by atoms with Crippen molar-refractivity contribution in [3.63, 3.8) is 0 Å². The lowest BCUT2D eigenvalue weighted by molar-refractivity contribution is 0.102. The van der Waals surface area contributed by atoms with Gasteiger partial charge in [0.1, 0.15) is 11.6 Å². The molecule has 0 fully saturated rings. The molecule has 0 radical (unpaired) electrons. The van der Waals surface area contributed by atoms with Crippen LogP contribution in [0.4, 0.5) is 17.2 Å². The first kappa shape index (κ1) is 17.4. The van der Waals surface area contributed by atoms with E-state index in [0.29, 0.717) is 23.7 Å². The van der Waals surface area contributed by atoms with Gasteiger partial charge in [0.2, 0.25) is 0 Å². The van der Waals surface area contributed by atoms with E-state index in [2.05, 4.69) is 20.6 Å². The summed E-state index contributed by atoms with van der Waals surface area (Å²) in [5.41, 5.74) is 2.80. The number of ether oxygens (including phenoxy) is 1. The second-order valence-electron chi connectivity index (χ2n) is 5.62. The summed E-state index contributed by atoms with van der Waals surface area (Å²) in [6.07, 6.45) is 3.30. The van der Waals surface area contributed by atoms with Gasteiger partial charge >= 0.3 is 0 Å². The van der Waals surface area contributed by atoms with Crippen molar-refractivity contribution in [1.82, 2.24) is 9.97 Å². The SMILES string of the molecule is CCOc1ccc(Nc2ncccc2C(=O)Nc2ccnc(C)c2)cc1. The van der Waals surface area contributed by atoms with Crippen LogP contribution in [-0.2, 0) is 0 Å². The van der Waals surface area contributed by atoms with Crippen molar-refractivity contribution < 1.29 is 9.53 Å². The molecule has 0 saturated heterocycles. The van der Waals surface area contributed by atoms with Crippen LogP contribution in [0.1, 0.15) is 23.0 Å². The van der Waals surface area contributed by atoms with E-state index in [0.717, 1.165) is 17.1 Å². The maximum atomic E-state index is 12.6. The monoisotopic (exact) mass is 348 g/mol. The number of anilines is 3. The maximum absolute atomic E-state index is 12.6. The van der Waals surface area contributed by atoms with Crippen LogP contribution >= 0.6 is 0 Å². The molecule has 0 aliphatic heterocycles. The predicted molar refractivity (Wildman–Crippen MR) is 102 cm³/mol. The van der Waals surface area contributed by atoms with Crippen LogP contribution in [0.15, 0.2) is 60.9 Å². The fraction of sp³-hybridized carbons (Fsp3) is 0.150. The van der Waals surface area contributed by atoms with Gasteiger partial charge in [0.15, 0.2) is 0 Å². The largest absolute Gasteiger partial charge is 0.494 e. The molecule has 26 heavy (non-hydrogen) atoms. The molecule has 0 aliphatic carbocycles. The molecule has 0 saturated carbocycles. The smallest absolute Gasteiger partial charge is 0.259 e. The van der Waals surface area contributed by atoms with E-state index in [4.69, 9.17) is 4.74 Å². The quantitative estimate of drug-likeness (QED) is 0.699. The number of aromatic nitrogens is 2. The average Bonchev–Trinajstić information content (AvgIpc) is 2.64. The third-order valence-corrected chi connectivity index (χ3v) is 3.63. The fourth-order valence-electron chi connectivity index (χ4n) is 2.45. The lowest BCUT2D eigenvalue weighted by Crippen LogP contribution is -2.14. The van der Waals surface area contributed by atoms with Crippen LogP contribution in [0.2, 0.25) is 0 Å². The van der Waals surface area contributed by atoms with Gasteiger partial charge in [0, 0.05) is 29.5 Å². The van der Waals surface area contributed by atoms with Crippen molar-refractivity contribution in [1.29, 1.82) is 0 Å². The van der Waals surface area contributed by atoms with Gasteiger partial charge in [-0.15, -0.1) is 0 Å². The summed E-state index contributed by atoms with van der Waals surface area (Å²) in [5.74, 6) is 1.04. The molecule has 0 spiro atoms. The van der Waals surface area contributed by atoms with Crippen molar-refractivity contribution in [2.24, 2.45) is 0 Å². The molecule has 6 heteroatoms. The average molecular weight is 348 g/mol. The highest BCUT2D eigenvalue weighted by atomic mass is 16.5. The highest BCUT2D eigenvalue weighted by Gasteiger charge is 2.13. The zero-order valence-corrected chi connectivity index (χ0v) is 14.7. The number of amides is 1. The van der Waals surface area contributed by atoms with Gasteiger partial charge in [-0.25, -0.2) is 4.98 Å². The lowest BCUT2D eigenvalue weighted by atomic mass is 10.2. The molecular formula is C20H20N4O2. The van der Waals surface area contributed by atoms with Crippen molar-refractivity contribution >= 4 is 23.1 Å². The summed E-state index contributed by atoms with van der Waals surface area (Å²) >= 11 is 0. The number of pyridine rings is 2. The second-order valence-corrected chi connectivity index (χ2v) is 5.62. The second kappa shape index (κ2) is 8.11. The highest BCUT2D eigenvalue weighted by molar-refractivity contribution is 6.07. The number of carbonyl (C=O) groups excluding carboxylic acids is 1. The first-order chi connectivity index (χ1) is 12.7. The molecule has 0 aliphatic rings. The Morgan fingerprint density at radius 2 is 1.85 bits per heavy atom. The number of rotatable bonds is 6. The van der Waals surface area contributed by atoms with E-state index < -0.39 is 0 Å². The number of hydrogen-bond donors (Lipinski definition) is 2. The predicted octanol–water partition coefficient (Wildman–Crippen LogP) is 4.18. The van der Waals surface area contributed by atoms with Crippen molar-refractivity contribution in [2.45, 2.75) is 13.8 Å². The molecule has 3 rings (SSSR count). The van der Waals surface area contributed by atoms with E-state index in [1.54, 1.807) is 30.6 Å². The Morgan fingerprint density at radius 1 is 1.04 bits per heavy atom. The Balaban J connectivity index is 1.78. The summed E-state index contributed by atoms with van der Waals surface area (Å²) < 4.78 is 5.44. The van der Waals surface area contributed by atoms with Gasteiger partial charge < -0.3 is 15.4 Å². The van der Waals surface area contributed by atoms with Crippen molar-refractivity contribution in [3.05, 3.63) is 72.2 Å². The Kier molecular flexibility index (Phi) is 5.43. The van der Waals surface area contributed by atoms with E-state index in [1.807, 2.05) is 44.2 Å². The lowest BCUT2D eigenvalue weighted by Gasteiger charge is -2.12. The van der Waals surface area contributed by atoms with Crippen LogP contribution in [0.5, 0.6) is 5.75 Å². The molecule has 132 valence electrons. The van der Waals surface area contributed by atoms with E-state index in [1.165, 1.54) is 0 Å². The number of carbonyl (C=O) groups is 1. The zero-order valence-electron chi connectivity index (χ0n) is 14.7. The van der Waals surface area contributed by atoms with Gasteiger partial charge in [-0.3, -0.25) is 9.78 Å². The standard InChI is InChI=1S/C20H20N4O2/c1-3-26-17-8-6-15(7-9-17)23-19-18(5-4-11-22-19)20(25)24-16-10-12-21-14(2)13-16/h4-13H,3H2,1-2H3,(H,22,23)(H,21,24,25). The normalized spacial score (nSPS) is 10.2. The minimum Gasteiger partial charge on any atom is -0.494 e. The van der Waals surface area contributed by atoms with E-state index in [-0.39, 0.29) is 5.91 Å². The van der Waals surface area contributed by atoms with Gasteiger partial charge in [-0.2, -0.15) is 0 Å². The minimum atomic E-state index is -0.239. The third-order valence-electron chi connectivity index (χ3n) is 3.63. The maximum Gasteiger partial charge on any atom is 0.259 e. The Hall–Kier alpha value is -3.41. The fourth-order valence-corrected chi connectivity index (χ4v) is 2.45. The Bertz CT molecular complexity index is 894. The molecule has 1 amide bonds. The van der Waals surface area contributed by atoms with Crippen LogP contribution in [0.3, 0.4) is 0 Å². The summed E-state index contributed by atoms with van der Waals surface area (Å²) in [7, 11) is 0. The van der Waals surface area contributed by atoms with Crippen LogP contribution < -0.4 is 15.4 Å². The highest BCUT2D eigenvalue weighted by Crippen LogP contribution is 2.22. The van der Waals surface area contributed by atoms with E-state index in [9.17, 15) is 4.79 Å². The minimum absolute atomic E-state index is 0.239. The number of benzene rings is 1. The van der Waals surface area contributed by atoms with Crippen LogP contribution in [0, 0.1) is 6.92 Å². The molecule has 2 N–H and O–H groups in total. The topological polar surface area (TPSA) is 76.1 Å². The molecule has 1 aromatic carbocycles. The van der Waals surface area contributed by atoms with Gasteiger partial charge in [0.05, 0.1) is 12.2 Å². The van der Waals surface area contributed by atoms with Crippen molar-refractivity contribution in [3.8, 4) is 5.75 Å². The molecule has 0 atom stereocenters. The Morgan fingerprint density at radius 3 is 2.58 bits per heavy atom. The molecule has 0 bridgehead atoms.